The number of carbonyl (C=O) groups excluding carboxylic acids is 3. The third-order valence-corrected chi connectivity index (χ3v) is 12.0. The van der Waals surface area contributed by atoms with Gasteiger partial charge in [0.2, 0.25) is 0 Å². The normalized spacial score (nSPS) is 12.9. The van der Waals surface area contributed by atoms with Crippen LogP contribution in [0.5, 0.6) is 0 Å². The van der Waals surface area contributed by atoms with Crippen LogP contribution in [0.25, 0.3) is 0 Å². The first kappa shape index (κ1) is 66.1. The second kappa shape index (κ2) is 57.6. The summed E-state index contributed by atoms with van der Waals surface area (Å²) in [5.74, 6) is -0.906. The molecule has 0 aliphatic carbocycles. The van der Waals surface area contributed by atoms with Crippen LogP contribution in [0.15, 0.2) is 109 Å². The number of hydrogen-bond donors (Lipinski definition) is 0. The SMILES string of the molecule is CC/C=C\C/C=C\C/C=C\C/C=C\C/C=C\C/C=C\C/C=C\C/C=C\C/C=C\CCCCCCCC(=O)OCC(COC(=O)CCCCCCCCCCC)OC(=O)CCCCCCCCCCCC. The average Bonchev–Trinajstić information content (AvgIpc) is 3.36. The van der Waals surface area contributed by atoms with Crippen LogP contribution >= 0.6 is 0 Å². The molecule has 6 heteroatoms. The van der Waals surface area contributed by atoms with Gasteiger partial charge in [0.1, 0.15) is 13.2 Å². The summed E-state index contributed by atoms with van der Waals surface area (Å²) in [5, 5.41) is 0. The van der Waals surface area contributed by atoms with E-state index < -0.39 is 6.10 Å². The molecule has 0 rings (SSSR count). The van der Waals surface area contributed by atoms with Gasteiger partial charge in [0, 0.05) is 19.3 Å². The van der Waals surface area contributed by atoms with Crippen molar-refractivity contribution in [2.45, 2.75) is 264 Å². The van der Waals surface area contributed by atoms with Crippen LogP contribution in [0.3, 0.4) is 0 Å². The minimum absolute atomic E-state index is 0.0816. The summed E-state index contributed by atoms with van der Waals surface area (Å²) in [4.78, 5) is 37.9. The Hall–Kier alpha value is -3.93. The summed E-state index contributed by atoms with van der Waals surface area (Å²) >= 11 is 0. The highest BCUT2D eigenvalue weighted by atomic mass is 16.6. The van der Waals surface area contributed by atoms with Crippen molar-refractivity contribution in [1.82, 2.24) is 0 Å². The van der Waals surface area contributed by atoms with Crippen LogP contribution in [0.2, 0.25) is 0 Å². The molecule has 0 aliphatic heterocycles. The lowest BCUT2D eigenvalue weighted by atomic mass is 10.1. The highest BCUT2D eigenvalue weighted by molar-refractivity contribution is 5.71. The Morgan fingerprint density at radius 1 is 0.300 bits per heavy atom. The fourth-order valence-corrected chi connectivity index (χ4v) is 7.73. The summed E-state index contributed by atoms with van der Waals surface area (Å²) in [6.07, 6.45) is 78.1. The van der Waals surface area contributed by atoms with Crippen molar-refractivity contribution in [2.75, 3.05) is 13.2 Å². The molecule has 0 saturated carbocycles. The van der Waals surface area contributed by atoms with Crippen LogP contribution in [0.1, 0.15) is 258 Å². The maximum Gasteiger partial charge on any atom is 0.306 e. The number of ether oxygens (including phenoxy) is 3. The molecule has 0 aromatic carbocycles. The van der Waals surface area contributed by atoms with Gasteiger partial charge in [-0.15, -0.1) is 0 Å². The fraction of sp³-hybridized carbons (Fsp3) is 0.672. The molecule has 0 aromatic rings. The van der Waals surface area contributed by atoms with Gasteiger partial charge in [-0.3, -0.25) is 14.4 Å². The monoisotopic (exact) mass is 971 g/mol. The Balaban J connectivity index is 4.17. The van der Waals surface area contributed by atoms with Gasteiger partial charge in [-0.1, -0.05) is 259 Å². The van der Waals surface area contributed by atoms with E-state index in [0.29, 0.717) is 19.3 Å². The molecule has 6 nitrogen and oxygen atoms in total. The lowest BCUT2D eigenvalue weighted by Crippen LogP contribution is -2.30. The highest BCUT2D eigenvalue weighted by Gasteiger charge is 2.19. The molecule has 398 valence electrons. The maximum atomic E-state index is 12.7. The Morgan fingerprint density at radius 3 is 0.871 bits per heavy atom. The molecule has 0 spiro atoms. The number of esters is 3. The number of hydrogen-bond acceptors (Lipinski definition) is 6. The maximum absolute atomic E-state index is 12.7. The zero-order valence-corrected chi connectivity index (χ0v) is 45.5. The summed E-state index contributed by atoms with van der Waals surface area (Å²) in [5.41, 5.74) is 0. The van der Waals surface area contributed by atoms with E-state index in [-0.39, 0.29) is 31.1 Å². The molecule has 0 bridgehead atoms. The van der Waals surface area contributed by atoms with E-state index in [1.54, 1.807) is 0 Å². The molecule has 0 fully saturated rings. The van der Waals surface area contributed by atoms with Crippen molar-refractivity contribution in [1.29, 1.82) is 0 Å². The van der Waals surface area contributed by atoms with Crippen molar-refractivity contribution in [3.8, 4) is 0 Å². The number of unbranched alkanes of at least 4 members (excludes halogenated alkanes) is 22. The van der Waals surface area contributed by atoms with Gasteiger partial charge in [-0.05, 0) is 89.9 Å². The number of allylic oxidation sites excluding steroid dienone is 18. The van der Waals surface area contributed by atoms with Crippen molar-refractivity contribution >= 4 is 17.9 Å². The van der Waals surface area contributed by atoms with Gasteiger partial charge in [-0.2, -0.15) is 0 Å². The molecule has 0 aromatic heterocycles. The topological polar surface area (TPSA) is 78.9 Å². The minimum Gasteiger partial charge on any atom is -0.462 e. The summed E-state index contributed by atoms with van der Waals surface area (Å²) in [6, 6.07) is 0. The van der Waals surface area contributed by atoms with Crippen LogP contribution in [-0.4, -0.2) is 37.2 Å². The van der Waals surface area contributed by atoms with Crippen molar-refractivity contribution in [3.63, 3.8) is 0 Å². The van der Waals surface area contributed by atoms with E-state index >= 15 is 0 Å². The zero-order chi connectivity index (χ0) is 50.7. The molecule has 1 unspecified atom stereocenters. The van der Waals surface area contributed by atoms with E-state index in [2.05, 4.69) is 130 Å². The van der Waals surface area contributed by atoms with E-state index in [4.69, 9.17) is 14.2 Å². The second-order valence-corrected chi connectivity index (χ2v) is 18.8. The quantitative estimate of drug-likeness (QED) is 0.0262. The number of rotatable bonds is 51. The molecule has 0 saturated heterocycles. The first-order chi connectivity index (χ1) is 34.5. The van der Waals surface area contributed by atoms with Crippen LogP contribution < -0.4 is 0 Å². The molecule has 0 heterocycles. The van der Waals surface area contributed by atoms with Gasteiger partial charge in [0.05, 0.1) is 0 Å². The van der Waals surface area contributed by atoms with Crippen LogP contribution in [0, 0.1) is 0 Å². The lowest BCUT2D eigenvalue weighted by Gasteiger charge is -2.18. The van der Waals surface area contributed by atoms with E-state index in [1.807, 2.05) is 0 Å². The summed E-state index contributed by atoms with van der Waals surface area (Å²) in [7, 11) is 0. The molecule has 1 atom stereocenters. The third kappa shape index (κ3) is 55.0. The predicted octanol–water partition coefficient (Wildman–Crippen LogP) is 19.5. The van der Waals surface area contributed by atoms with E-state index in [1.165, 1.54) is 83.5 Å². The zero-order valence-electron chi connectivity index (χ0n) is 45.5. The van der Waals surface area contributed by atoms with Gasteiger partial charge in [0.25, 0.3) is 0 Å². The predicted molar refractivity (Wildman–Crippen MR) is 302 cm³/mol. The lowest BCUT2D eigenvalue weighted by molar-refractivity contribution is -0.167. The molecule has 0 radical (unpaired) electrons. The van der Waals surface area contributed by atoms with Gasteiger partial charge in [0.15, 0.2) is 6.10 Å². The molecule has 0 amide bonds. The molecule has 0 N–H and O–H groups in total. The van der Waals surface area contributed by atoms with Crippen molar-refractivity contribution < 1.29 is 28.6 Å². The fourth-order valence-electron chi connectivity index (χ4n) is 7.73. The first-order valence-electron chi connectivity index (χ1n) is 28.9. The smallest absolute Gasteiger partial charge is 0.306 e. The van der Waals surface area contributed by atoms with E-state index in [0.717, 1.165) is 135 Å². The van der Waals surface area contributed by atoms with Gasteiger partial charge < -0.3 is 14.2 Å². The van der Waals surface area contributed by atoms with E-state index in [9.17, 15) is 14.4 Å². The molecular formula is C64H106O6. The molecular weight excluding hydrogens is 865 g/mol. The standard InChI is InChI=1S/C64H106O6/c1-4-7-10-13-16-19-21-22-23-24-25-26-27-28-29-30-31-32-33-34-35-36-37-38-39-40-41-42-43-46-48-51-54-57-63(66)69-60-61(59-68-62(65)56-53-50-47-44-18-15-12-9-6-3)70-64(67)58-55-52-49-45-20-17-14-11-8-5-2/h7,10,16,19,22-23,25-26,28-29,31-32,34-35,37-38,40-41,61H,4-6,8-9,11-15,17-18,20-21,24,27,30,33,36,39,42-60H2,1-3H3/b10-7-,19-16-,23-22-,26-25-,29-28-,32-31-,35-34-,38-37-,41-40-. The van der Waals surface area contributed by atoms with Crippen molar-refractivity contribution in [3.05, 3.63) is 109 Å². The summed E-state index contributed by atoms with van der Waals surface area (Å²) < 4.78 is 16.7. The minimum atomic E-state index is -0.781. The Kier molecular flexibility index (Phi) is 54.4. The first-order valence-corrected chi connectivity index (χ1v) is 28.9. The second-order valence-electron chi connectivity index (χ2n) is 18.8. The largest absolute Gasteiger partial charge is 0.462 e. The molecule has 0 aliphatic rings. The molecule has 70 heavy (non-hydrogen) atoms. The summed E-state index contributed by atoms with van der Waals surface area (Å²) in [6.45, 7) is 6.47. The number of carbonyl (C=O) groups is 3. The Bertz CT molecular complexity index is 1440. The van der Waals surface area contributed by atoms with Gasteiger partial charge in [-0.25, -0.2) is 0 Å². The van der Waals surface area contributed by atoms with Gasteiger partial charge >= 0.3 is 17.9 Å². The highest BCUT2D eigenvalue weighted by Crippen LogP contribution is 2.14. The Labute approximate surface area is 431 Å². The average molecular weight is 972 g/mol. The Morgan fingerprint density at radius 2 is 0.557 bits per heavy atom. The third-order valence-electron chi connectivity index (χ3n) is 12.0. The van der Waals surface area contributed by atoms with Crippen LogP contribution in [0.4, 0.5) is 0 Å². The van der Waals surface area contributed by atoms with Crippen molar-refractivity contribution in [2.24, 2.45) is 0 Å². The van der Waals surface area contributed by atoms with Crippen LogP contribution in [-0.2, 0) is 28.6 Å².